The molecule has 0 aliphatic carbocycles. The quantitative estimate of drug-likeness (QED) is 0.865. The molecule has 1 aliphatic rings. The van der Waals surface area contributed by atoms with Crippen molar-refractivity contribution in [1.82, 2.24) is 20.2 Å². The minimum atomic E-state index is -0.0251. The molecule has 6 heteroatoms. The van der Waals surface area contributed by atoms with E-state index in [1.165, 1.54) is 11.3 Å². The summed E-state index contributed by atoms with van der Waals surface area (Å²) in [4.78, 5) is 21.8. The zero-order chi connectivity index (χ0) is 13.5. The van der Waals surface area contributed by atoms with Gasteiger partial charge >= 0.3 is 0 Å². The lowest BCUT2D eigenvalue weighted by atomic mass is 10.0. The third kappa shape index (κ3) is 2.43. The number of piperazine rings is 1. The molecule has 0 aromatic carbocycles. The molecule has 1 fully saturated rings. The molecule has 2 aromatic rings. The van der Waals surface area contributed by atoms with Gasteiger partial charge in [-0.25, -0.2) is 4.98 Å². The second-order valence-electron chi connectivity index (χ2n) is 5.56. The molecule has 2 aromatic heterocycles. The van der Waals surface area contributed by atoms with Gasteiger partial charge in [-0.1, -0.05) is 0 Å². The van der Waals surface area contributed by atoms with Crippen molar-refractivity contribution >= 4 is 21.6 Å². The van der Waals surface area contributed by atoms with Gasteiger partial charge in [-0.05, 0) is 25.3 Å². The molecule has 0 spiro atoms. The van der Waals surface area contributed by atoms with Crippen LogP contribution in [0.4, 0.5) is 0 Å². The Labute approximate surface area is 115 Å². The third-order valence-corrected chi connectivity index (χ3v) is 4.58. The zero-order valence-electron chi connectivity index (χ0n) is 11.2. The van der Waals surface area contributed by atoms with Crippen LogP contribution in [0.5, 0.6) is 0 Å². The van der Waals surface area contributed by atoms with E-state index in [9.17, 15) is 4.79 Å². The van der Waals surface area contributed by atoms with E-state index in [-0.39, 0.29) is 11.1 Å². The van der Waals surface area contributed by atoms with Crippen LogP contribution < -0.4 is 10.9 Å². The Morgan fingerprint density at radius 3 is 3.16 bits per heavy atom. The molecule has 1 saturated heterocycles. The summed E-state index contributed by atoms with van der Waals surface area (Å²) in [6, 6.07) is 1.90. The van der Waals surface area contributed by atoms with Crippen LogP contribution >= 0.6 is 11.3 Å². The molecule has 2 N–H and O–H groups in total. The first-order valence-electron chi connectivity index (χ1n) is 6.48. The average Bonchev–Trinajstić information content (AvgIpc) is 2.80. The van der Waals surface area contributed by atoms with E-state index in [0.717, 1.165) is 31.0 Å². The Hall–Kier alpha value is -1.24. The number of rotatable bonds is 2. The molecule has 102 valence electrons. The first-order valence-corrected chi connectivity index (χ1v) is 7.36. The first-order chi connectivity index (χ1) is 9.06. The van der Waals surface area contributed by atoms with Crippen molar-refractivity contribution < 1.29 is 0 Å². The number of nitrogens with zero attached hydrogens (tertiary/aromatic N) is 2. The van der Waals surface area contributed by atoms with Crippen molar-refractivity contribution in [3.05, 3.63) is 27.6 Å². The Morgan fingerprint density at radius 1 is 1.53 bits per heavy atom. The van der Waals surface area contributed by atoms with Crippen molar-refractivity contribution in [2.24, 2.45) is 0 Å². The van der Waals surface area contributed by atoms with E-state index >= 15 is 0 Å². The fourth-order valence-corrected chi connectivity index (χ4v) is 3.22. The second kappa shape index (κ2) is 4.70. The number of hydrogen-bond donors (Lipinski definition) is 2. The first kappa shape index (κ1) is 12.8. The van der Waals surface area contributed by atoms with Crippen LogP contribution in [0.3, 0.4) is 0 Å². The molecule has 3 rings (SSSR count). The normalized spacial score (nSPS) is 19.9. The van der Waals surface area contributed by atoms with Gasteiger partial charge in [-0.3, -0.25) is 9.69 Å². The topological polar surface area (TPSA) is 61.0 Å². The molecule has 0 saturated carbocycles. The van der Waals surface area contributed by atoms with E-state index in [2.05, 4.69) is 34.0 Å². The van der Waals surface area contributed by atoms with Crippen LogP contribution in [0.1, 0.15) is 19.7 Å². The molecule has 1 aliphatic heterocycles. The Bertz CT molecular complexity index is 645. The van der Waals surface area contributed by atoms with E-state index in [4.69, 9.17) is 0 Å². The van der Waals surface area contributed by atoms with Crippen LogP contribution in [0, 0.1) is 0 Å². The van der Waals surface area contributed by atoms with Crippen LogP contribution in [0.15, 0.2) is 16.2 Å². The summed E-state index contributed by atoms with van der Waals surface area (Å²) in [6.45, 7) is 8.02. The number of H-pyrrole nitrogens is 1. The lowest BCUT2D eigenvalue weighted by molar-refractivity contribution is 0.0800. The molecular weight excluding hydrogens is 260 g/mol. The Kier molecular flexibility index (Phi) is 3.16. The van der Waals surface area contributed by atoms with E-state index < -0.39 is 0 Å². The highest BCUT2D eigenvalue weighted by Gasteiger charge is 2.29. The summed E-state index contributed by atoms with van der Waals surface area (Å²) < 4.78 is 0.711. The summed E-state index contributed by atoms with van der Waals surface area (Å²) >= 11 is 1.44. The second-order valence-corrected chi connectivity index (χ2v) is 6.47. The fraction of sp³-hybridized carbons (Fsp3) is 0.538. The minimum absolute atomic E-state index is 0.0251. The molecular formula is C13H18N4OS. The Morgan fingerprint density at radius 2 is 2.37 bits per heavy atom. The maximum absolute atomic E-state index is 11.9. The molecule has 0 unspecified atom stereocenters. The van der Waals surface area contributed by atoms with Crippen LogP contribution in [-0.4, -0.2) is 40.0 Å². The largest absolute Gasteiger partial charge is 0.314 e. The highest BCUT2D eigenvalue weighted by atomic mass is 32.1. The number of nitrogens with one attached hydrogen (secondary N) is 2. The minimum Gasteiger partial charge on any atom is -0.314 e. The van der Waals surface area contributed by atoms with Gasteiger partial charge in [-0.2, -0.15) is 0 Å². The molecule has 19 heavy (non-hydrogen) atoms. The number of aromatic nitrogens is 2. The van der Waals surface area contributed by atoms with Gasteiger partial charge in [-0.15, -0.1) is 11.3 Å². The maximum Gasteiger partial charge on any atom is 0.268 e. The molecule has 0 radical (unpaired) electrons. The monoisotopic (exact) mass is 278 g/mol. The van der Waals surface area contributed by atoms with E-state index in [1.54, 1.807) is 0 Å². The van der Waals surface area contributed by atoms with Gasteiger partial charge < -0.3 is 10.3 Å². The highest BCUT2D eigenvalue weighted by molar-refractivity contribution is 7.17. The van der Waals surface area contributed by atoms with Gasteiger partial charge in [0, 0.05) is 25.2 Å². The zero-order valence-corrected chi connectivity index (χ0v) is 12.0. The molecule has 5 nitrogen and oxygen atoms in total. The van der Waals surface area contributed by atoms with Gasteiger partial charge in [0.25, 0.3) is 5.56 Å². The summed E-state index contributed by atoms with van der Waals surface area (Å²) in [5, 5.41) is 5.30. The van der Waals surface area contributed by atoms with Crippen molar-refractivity contribution in [1.29, 1.82) is 0 Å². The van der Waals surface area contributed by atoms with Crippen LogP contribution in [0.2, 0.25) is 0 Å². The van der Waals surface area contributed by atoms with Gasteiger partial charge in [0.2, 0.25) is 0 Å². The molecule has 0 atom stereocenters. The van der Waals surface area contributed by atoms with Crippen LogP contribution in [0.25, 0.3) is 10.2 Å². The maximum atomic E-state index is 11.9. The SMILES string of the molecule is CC1(C)CNCCN1Cc1nc2ccsc2c(=O)[nH]1. The summed E-state index contributed by atoms with van der Waals surface area (Å²) in [7, 11) is 0. The molecule has 0 bridgehead atoms. The number of thiophene rings is 1. The van der Waals surface area contributed by atoms with Gasteiger partial charge in [0.15, 0.2) is 0 Å². The van der Waals surface area contributed by atoms with Crippen molar-refractivity contribution in [3.63, 3.8) is 0 Å². The number of aromatic amines is 1. The third-order valence-electron chi connectivity index (χ3n) is 3.68. The molecule has 3 heterocycles. The summed E-state index contributed by atoms with van der Waals surface area (Å²) in [5.41, 5.74) is 0.861. The average molecular weight is 278 g/mol. The fourth-order valence-electron chi connectivity index (χ4n) is 2.49. The summed E-state index contributed by atoms with van der Waals surface area (Å²) in [5.74, 6) is 0.755. The Balaban J connectivity index is 1.90. The summed E-state index contributed by atoms with van der Waals surface area (Å²) in [6.07, 6.45) is 0. The van der Waals surface area contributed by atoms with Gasteiger partial charge in [0.05, 0.1) is 12.1 Å². The lowest BCUT2D eigenvalue weighted by Gasteiger charge is -2.42. The lowest BCUT2D eigenvalue weighted by Crippen LogP contribution is -2.57. The van der Waals surface area contributed by atoms with Gasteiger partial charge in [0.1, 0.15) is 10.5 Å². The van der Waals surface area contributed by atoms with Crippen molar-refractivity contribution in [2.75, 3.05) is 19.6 Å². The van der Waals surface area contributed by atoms with Crippen molar-refractivity contribution in [3.8, 4) is 0 Å². The number of hydrogen-bond acceptors (Lipinski definition) is 5. The molecule has 0 amide bonds. The standard InChI is InChI=1S/C13H18N4OS/c1-13(2)8-14-4-5-17(13)7-10-15-9-3-6-19-11(9)12(18)16-10/h3,6,14H,4-5,7-8H2,1-2H3,(H,15,16,18). The van der Waals surface area contributed by atoms with Crippen molar-refractivity contribution in [2.45, 2.75) is 25.9 Å². The number of fused-ring (bicyclic) bond motifs is 1. The highest BCUT2D eigenvalue weighted by Crippen LogP contribution is 2.19. The smallest absolute Gasteiger partial charge is 0.268 e. The van der Waals surface area contributed by atoms with E-state index in [1.807, 2.05) is 11.4 Å². The predicted molar refractivity (Wildman–Crippen MR) is 77.6 cm³/mol. The predicted octanol–water partition coefficient (Wildman–Crippen LogP) is 1.17. The van der Waals surface area contributed by atoms with E-state index in [0.29, 0.717) is 11.2 Å². The van der Waals surface area contributed by atoms with Crippen LogP contribution in [-0.2, 0) is 6.54 Å².